The van der Waals surface area contributed by atoms with Gasteiger partial charge in [-0.3, -0.25) is 4.21 Å². The number of hydrogen-bond donors (Lipinski definition) is 0. The van der Waals surface area contributed by atoms with Crippen molar-refractivity contribution >= 4 is 21.2 Å². The van der Waals surface area contributed by atoms with Gasteiger partial charge in [-0.25, -0.2) is 8.37 Å². The monoisotopic (exact) mass is 262 g/mol. The maximum Gasteiger partial charge on any atom is 0.400 e. The van der Waals surface area contributed by atoms with E-state index in [4.69, 9.17) is 0 Å². The summed E-state index contributed by atoms with van der Waals surface area (Å²) in [5.41, 5.74) is 0. The molecule has 0 saturated carbocycles. The summed E-state index contributed by atoms with van der Waals surface area (Å²) in [7, 11) is -5.13. The Morgan fingerprint density at radius 1 is 1.31 bits per heavy atom. The third kappa shape index (κ3) is 2.88. The minimum Gasteiger partial charge on any atom is -0.254 e. The Hall–Kier alpha value is -0.760. The molecule has 0 radical (unpaired) electrons. The molecule has 0 amide bonds. The van der Waals surface area contributed by atoms with Crippen molar-refractivity contribution < 1.29 is 21.0 Å². The first kappa shape index (κ1) is 11.7. The van der Waals surface area contributed by atoms with E-state index in [0.29, 0.717) is 4.90 Å². The minimum atomic E-state index is -3.86. The van der Waals surface area contributed by atoms with E-state index >= 15 is 0 Å². The Morgan fingerprint density at radius 2 is 2.00 bits per heavy atom. The lowest BCUT2D eigenvalue weighted by molar-refractivity contribution is 0.261. The van der Waals surface area contributed by atoms with Crippen molar-refractivity contribution in [1.29, 1.82) is 0 Å². The molecule has 1 saturated heterocycles. The van der Waals surface area contributed by atoms with E-state index in [1.165, 1.54) is 0 Å². The lowest BCUT2D eigenvalue weighted by atomic mass is 10.4. The normalized spacial score (nSPS) is 25.4. The van der Waals surface area contributed by atoms with Gasteiger partial charge in [0.1, 0.15) is 6.10 Å². The molecule has 1 fully saturated rings. The van der Waals surface area contributed by atoms with Crippen LogP contribution in [0.5, 0.6) is 0 Å². The quantitative estimate of drug-likeness (QED) is 0.791. The van der Waals surface area contributed by atoms with Gasteiger partial charge in [0.2, 0.25) is 0 Å². The predicted octanol–water partition coefficient (Wildman–Crippen LogP) is 0.454. The van der Waals surface area contributed by atoms with Crippen LogP contribution >= 0.6 is 0 Å². The average Bonchev–Trinajstić information content (AvgIpc) is 2.59. The summed E-state index contributed by atoms with van der Waals surface area (Å²) in [5.74, 6) is 0.114. The molecular formula is C9H10O5S2. The molecular weight excluding hydrogens is 252 g/mol. The van der Waals surface area contributed by atoms with Crippen LogP contribution in [0.4, 0.5) is 0 Å². The highest BCUT2D eigenvalue weighted by molar-refractivity contribution is 7.85. The van der Waals surface area contributed by atoms with Crippen LogP contribution in [0.25, 0.3) is 0 Å². The van der Waals surface area contributed by atoms with Crippen LogP contribution in [-0.4, -0.2) is 31.1 Å². The first-order chi connectivity index (χ1) is 7.57. The van der Waals surface area contributed by atoms with Gasteiger partial charge >= 0.3 is 10.4 Å². The first-order valence-corrected chi connectivity index (χ1v) is 7.23. The smallest absolute Gasteiger partial charge is 0.254 e. The molecule has 2 rings (SSSR count). The Labute approximate surface area is 96.2 Å². The molecule has 7 heteroatoms. The summed E-state index contributed by atoms with van der Waals surface area (Å²) in [5, 5.41) is 0. The Bertz CT molecular complexity index is 482. The van der Waals surface area contributed by atoms with Crippen molar-refractivity contribution in [1.82, 2.24) is 0 Å². The number of benzene rings is 1. The average molecular weight is 262 g/mol. The van der Waals surface area contributed by atoms with E-state index in [9.17, 15) is 12.6 Å². The molecule has 1 aromatic carbocycles. The highest BCUT2D eigenvalue weighted by Crippen LogP contribution is 2.16. The van der Waals surface area contributed by atoms with Gasteiger partial charge in [0.25, 0.3) is 0 Å². The summed E-state index contributed by atoms with van der Waals surface area (Å²) in [6, 6.07) is 8.81. The zero-order valence-corrected chi connectivity index (χ0v) is 9.87. The van der Waals surface area contributed by atoms with Crippen molar-refractivity contribution in [2.24, 2.45) is 0 Å². The van der Waals surface area contributed by atoms with Crippen molar-refractivity contribution in [3.63, 3.8) is 0 Å². The van der Waals surface area contributed by atoms with Crippen molar-refractivity contribution in [2.45, 2.75) is 11.0 Å². The summed E-state index contributed by atoms with van der Waals surface area (Å²) in [6.45, 7) is -0.0685. The molecule has 1 aromatic rings. The van der Waals surface area contributed by atoms with Crippen LogP contribution in [0.3, 0.4) is 0 Å². The second-order valence-corrected chi connectivity index (χ2v) is 5.98. The molecule has 1 aliphatic rings. The Morgan fingerprint density at radius 3 is 2.56 bits per heavy atom. The Balaban J connectivity index is 1.99. The molecule has 88 valence electrons. The third-order valence-corrected chi connectivity index (χ3v) is 4.40. The first-order valence-electron chi connectivity index (χ1n) is 4.58. The van der Waals surface area contributed by atoms with Gasteiger partial charge in [-0.2, -0.15) is 8.42 Å². The van der Waals surface area contributed by atoms with Gasteiger partial charge in [0, 0.05) is 4.90 Å². The van der Waals surface area contributed by atoms with E-state index in [0.717, 1.165) is 0 Å². The van der Waals surface area contributed by atoms with Gasteiger partial charge in [0.05, 0.1) is 23.2 Å². The lowest BCUT2D eigenvalue weighted by Gasteiger charge is -2.05. The van der Waals surface area contributed by atoms with Gasteiger partial charge in [-0.15, -0.1) is 0 Å². The topological polar surface area (TPSA) is 69.7 Å². The van der Waals surface area contributed by atoms with Crippen LogP contribution in [0.1, 0.15) is 0 Å². The van der Waals surface area contributed by atoms with Crippen LogP contribution in [0, 0.1) is 0 Å². The molecule has 0 bridgehead atoms. The molecule has 2 atom stereocenters. The van der Waals surface area contributed by atoms with E-state index in [2.05, 4.69) is 8.37 Å². The summed E-state index contributed by atoms with van der Waals surface area (Å²) < 4.78 is 42.4. The van der Waals surface area contributed by atoms with Crippen LogP contribution in [0.2, 0.25) is 0 Å². The Kier molecular flexibility index (Phi) is 3.38. The van der Waals surface area contributed by atoms with Crippen LogP contribution in [0.15, 0.2) is 35.2 Å². The van der Waals surface area contributed by atoms with Gasteiger partial charge in [-0.05, 0) is 12.1 Å². The molecule has 5 nitrogen and oxygen atoms in total. The molecule has 0 aliphatic carbocycles. The van der Waals surface area contributed by atoms with Crippen molar-refractivity contribution in [2.75, 3.05) is 12.4 Å². The van der Waals surface area contributed by atoms with Crippen molar-refractivity contribution in [3.8, 4) is 0 Å². The van der Waals surface area contributed by atoms with Crippen LogP contribution < -0.4 is 0 Å². The summed E-state index contributed by atoms with van der Waals surface area (Å²) >= 11 is 0. The lowest BCUT2D eigenvalue weighted by Crippen LogP contribution is -2.19. The fraction of sp³-hybridized carbons (Fsp3) is 0.333. The zero-order chi connectivity index (χ0) is 11.6. The van der Waals surface area contributed by atoms with E-state index in [1.807, 2.05) is 6.07 Å². The fourth-order valence-corrected chi connectivity index (χ4v) is 3.37. The molecule has 0 spiro atoms. The predicted molar refractivity (Wildman–Crippen MR) is 57.5 cm³/mol. The maximum atomic E-state index is 11.8. The molecule has 1 heterocycles. The molecule has 0 N–H and O–H groups in total. The zero-order valence-electron chi connectivity index (χ0n) is 8.24. The highest BCUT2D eigenvalue weighted by Gasteiger charge is 2.31. The highest BCUT2D eigenvalue weighted by atomic mass is 32.3. The SMILES string of the molecule is O=S(CC1COS(=O)(=O)O1)c1ccccc1. The van der Waals surface area contributed by atoms with Gasteiger partial charge < -0.3 is 0 Å². The summed E-state index contributed by atoms with van der Waals surface area (Å²) in [6.07, 6.45) is -0.661. The second kappa shape index (κ2) is 4.62. The third-order valence-electron chi connectivity index (χ3n) is 2.00. The maximum absolute atomic E-state index is 11.8. The summed E-state index contributed by atoms with van der Waals surface area (Å²) in [4.78, 5) is 0.649. The molecule has 1 aliphatic heterocycles. The molecule has 0 aromatic heterocycles. The second-order valence-electron chi connectivity index (χ2n) is 3.24. The van der Waals surface area contributed by atoms with E-state index in [1.54, 1.807) is 24.3 Å². The van der Waals surface area contributed by atoms with E-state index < -0.39 is 27.3 Å². The van der Waals surface area contributed by atoms with Crippen molar-refractivity contribution in [3.05, 3.63) is 30.3 Å². The minimum absolute atomic E-state index is 0.0685. The molecule has 16 heavy (non-hydrogen) atoms. The fourth-order valence-electron chi connectivity index (χ4n) is 1.29. The number of hydrogen-bond acceptors (Lipinski definition) is 5. The number of rotatable bonds is 3. The molecule has 2 unspecified atom stereocenters. The van der Waals surface area contributed by atoms with E-state index in [-0.39, 0.29) is 12.4 Å². The largest absolute Gasteiger partial charge is 0.400 e. The van der Waals surface area contributed by atoms with Gasteiger partial charge in [0.15, 0.2) is 0 Å². The van der Waals surface area contributed by atoms with Gasteiger partial charge in [-0.1, -0.05) is 18.2 Å². The van der Waals surface area contributed by atoms with Crippen LogP contribution in [-0.2, 0) is 29.6 Å². The standard InChI is InChI=1S/C9H10O5S2/c10-15(9-4-2-1-3-5-9)7-8-6-13-16(11,12)14-8/h1-5,8H,6-7H2.